The first kappa shape index (κ1) is 60.1. The van der Waals surface area contributed by atoms with Gasteiger partial charge in [-0.05, 0) is 105 Å². The minimum Gasteiger partial charge on any atom is -0.493 e. The van der Waals surface area contributed by atoms with Gasteiger partial charge in [0.1, 0.15) is 0 Å². The Morgan fingerprint density at radius 1 is 0.548 bits per heavy atom. The Hall–Kier alpha value is -5.50. The van der Waals surface area contributed by atoms with Crippen molar-refractivity contribution in [3.8, 4) is 45.5 Å². The fourth-order valence-corrected chi connectivity index (χ4v) is 9.53. The highest BCUT2D eigenvalue weighted by Gasteiger charge is 2.24. The van der Waals surface area contributed by atoms with Crippen LogP contribution in [0.2, 0.25) is 0 Å². The zero-order valence-electron chi connectivity index (χ0n) is 41.4. The van der Waals surface area contributed by atoms with E-state index in [-0.39, 0.29) is 60.0 Å². The number of aromatic nitrogens is 4. The molecule has 0 atom stereocenters. The van der Waals surface area contributed by atoms with Crippen LogP contribution in [0.1, 0.15) is 56.9 Å². The van der Waals surface area contributed by atoms with Gasteiger partial charge < -0.3 is 41.6 Å². The largest absolute Gasteiger partial charge is 0.493 e. The molecule has 396 valence electrons. The summed E-state index contributed by atoms with van der Waals surface area (Å²) in [5.74, 6) is 0.0967. The maximum absolute atomic E-state index is 12.9. The summed E-state index contributed by atoms with van der Waals surface area (Å²) < 4.78 is 112. The lowest BCUT2D eigenvalue weighted by Crippen LogP contribution is -2.22. The monoisotopic (exact) mass is 1120 g/mol. The molecule has 73 heavy (non-hydrogen) atoms. The third-order valence-corrected chi connectivity index (χ3v) is 13.7. The SMILES string of the molecule is CCOP(=O)(Cc1cccc(Cn2nc(-c3ccc(OC)c(OC(F)F)c3)ccc2=O)c1)OCC.CCOP(OCC)OCC.COc1ccc(-c2ccc(=O)n(Cc3cccc(CBr)c3)n2)cc1OC(F)F. The lowest BCUT2D eigenvalue weighted by atomic mass is 10.1. The van der Waals surface area contributed by atoms with Gasteiger partial charge in [-0.15, -0.1) is 0 Å². The molecule has 0 unspecified atom stereocenters. The van der Waals surface area contributed by atoms with Gasteiger partial charge in [0.25, 0.3) is 11.1 Å². The number of methoxy groups -OCH3 is 2. The van der Waals surface area contributed by atoms with Gasteiger partial charge >= 0.3 is 29.4 Å². The quantitative estimate of drug-likeness (QED) is 0.0301. The van der Waals surface area contributed by atoms with Gasteiger partial charge in [0, 0.05) is 28.6 Å². The molecule has 0 aliphatic rings. The van der Waals surface area contributed by atoms with Gasteiger partial charge in [-0.3, -0.25) is 14.2 Å². The lowest BCUT2D eigenvalue weighted by Gasteiger charge is -2.17. The molecule has 0 aliphatic heterocycles. The van der Waals surface area contributed by atoms with Crippen LogP contribution in [0, 0.1) is 0 Å². The molecule has 16 nitrogen and oxygen atoms in total. The summed E-state index contributed by atoms with van der Waals surface area (Å²) in [6.07, 6.45) is 0.101. The van der Waals surface area contributed by atoms with Crippen molar-refractivity contribution < 1.29 is 63.7 Å². The maximum Gasteiger partial charge on any atom is 0.387 e. The summed E-state index contributed by atoms with van der Waals surface area (Å²) in [6.45, 7) is 6.17. The van der Waals surface area contributed by atoms with E-state index < -0.39 is 29.4 Å². The van der Waals surface area contributed by atoms with Crippen LogP contribution in [0.4, 0.5) is 17.6 Å². The van der Waals surface area contributed by atoms with Crippen molar-refractivity contribution >= 4 is 32.1 Å². The summed E-state index contributed by atoms with van der Waals surface area (Å²) in [7, 11) is -1.63. The van der Waals surface area contributed by atoms with Gasteiger partial charge in [0.15, 0.2) is 23.0 Å². The van der Waals surface area contributed by atoms with Crippen molar-refractivity contribution in [2.45, 2.75) is 72.4 Å². The molecular formula is C50H59BrF4N4O12P2. The maximum atomic E-state index is 12.9. The van der Waals surface area contributed by atoms with Crippen molar-refractivity contribution in [3.63, 3.8) is 0 Å². The Kier molecular flexibility index (Phi) is 25.7. The van der Waals surface area contributed by atoms with E-state index in [9.17, 15) is 31.7 Å². The first-order valence-corrected chi connectivity index (χ1v) is 26.8. The molecule has 0 saturated carbocycles. The molecule has 0 aliphatic carbocycles. The summed E-state index contributed by atoms with van der Waals surface area (Å²) >= 11 is 3.41. The first-order valence-electron chi connectivity index (χ1n) is 22.8. The van der Waals surface area contributed by atoms with Crippen LogP contribution in [0.3, 0.4) is 0 Å². The minimum absolute atomic E-state index is 0.0976. The van der Waals surface area contributed by atoms with Crippen LogP contribution in [0.5, 0.6) is 23.0 Å². The van der Waals surface area contributed by atoms with E-state index in [0.717, 1.165) is 22.3 Å². The molecule has 2 aromatic heterocycles. The van der Waals surface area contributed by atoms with Crippen molar-refractivity contribution in [2.24, 2.45) is 0 Å². The van der Waals surface area contributed by atoms with Crippen LogP contribution >= 0.6 is 32.1 Å². The number of ether oxygens (including phenoxy) is 4. The summed E-state index contributed by atoms with van der Waals surface area (Å²) in [5, 5.41) is 9.48. The van der Waals surface area contributed by atoms with Crippen molar-refractivity contribution in [3.05, 3.63) is 152 Å². The molecule has 6 rings (SSSR count). The predicted octanol–water partition coefficient (Wildman–Crippen LogP) is 12.1. The molecule has 0 radical (unpaired) electrons. The number of nitrogens with zero attached hydrogens (tertiary/aromatic N) is 4. The van der Waals surface area contributed by atoms with Crippen LogP contribution in [0.25, 0.3) is 22.5 Å². The third kappa shape index (κ3) is 19.7. The lowest BCUT2D eigenvalue weighted by molar-refractivity contribution is -0.0518. The number of hydrogen-bond donors (Lipinski definition) is 0. The molecule has 0 amide bonds. The second-order valence-electron chi connectivity index (χ2n) is 14.8. The standard InChI is InChI=1S/C24H27F2N2O6P.C20H17BrF2N2O3.C6H15O3P/c1-4-32-35(30,33-5-2)16-18-8-6-7-17(13-18)15-28-23(29)12-10-20(27-28)19-9-11-21(31-3)22(14-19)34-24(25)26;1-27-17-7-5-15(10-18(17)28-20(22)23)16-6-8-19(26)25(24-16)12-14-4-2-3-13(9-14)11-21;1-4-7-10(8-5-2)9-6-3/h6-14,24H,4-5,15-16H2,1-3H3;2-10,20H,11-12H2,1H3;4-6H2,1-3H3. The molecule has 0 N–H and O–H groups in total. The van der Waals surface area contributed by atoms with E-state index in [2.05, 4.69) is 35.6 Å². The average Bonchev–Trinajstić information content (AvgIpc) is 3.36. The summed E-state index contributed by atoms with van der Waals surface area (Å²) in [6, 6.07) is 29.9. The summed E-state index contributed by atoms with van der Waals surface area (Å²) in [5.41, 5.74) is 4.75. The highest BCUT2D eigenvalue weighted by atomic mass is 79.9. The van der Waals surface area contributed by atoms with Crippen LogP contribution in [-0.2, 0) is 51.8 Å². The third-order valence-electron chi connectivity index (χ3n) is 9.62. The second kappa shape index (κ2) is 31.3. The van der Waals surface area contributed by atoms with E-state index in [1.807, 2.05) is 63.2 Å². The molecular weight excluding hydrogens is 1070 g/mol. The Morgan fingerprint density at radius 2 is 0.959 bits per heavy atom. The zero-order chi connectivity index (χ0) is 53.3. The summed E-state index contributed by atoms with van der Waals surface area (Å²) in [4.78, 5) is 24.7. The Morgan fingerprint density at radius 3 is 1.34 bits per heavy atom. The number of halogens is 5. The Labute approximate surface area is 431 Å². The van der Waals surface area contributed by atoms with E-state index >= 15 is 0 Å². The first-order chi connectivity index (χ1) is 35.1. The molecule has 4 aromatic carbocycles. The van der Waals surface area contributed by atoms with E-state index in [1.54, 1.807) is 38.1 Å². The van der Waals surface area contributed by atoms with Gasteiger partial charge in [-0.1, -0.05) is 64.5 Å². The van der Waals surface area contributed by atoms with E-state index in [1.165, 1.54) is 66.0 Å². The molecule has 6 aromatic rings. The zero-order valence-corrected chi connectivity index (χ0v) is 44.8. The van der Waals surface area contributed by atoms with E-state index in [4.69, 9.17) is 32.1 Å². The molecule has 0 bridgehead atoms. The molecule has 0 spiro atoms. The highest BCUT2D eigenvalue weighted by molar-refractivity contribution is 9.08. The number of alkyl halides is 5. The number of hydrogen-bond acceptors (Lipinski definition) is 14. The average molecular weight is 1130 g/mol. The normalized spacial score (nSPS) is 11.2. The van der Waals surface area contributed by atoms with Gasteiger partial charge in [0.05, 0.1) is 77.9 Å². The number of rotatable bonds is 25. The molecule has 2 heterocycles. The molecule has 0 saturated heterocycles. The highest BCUT2D eigenvalue weighted by Crippen LogP contribution is 2.51. The molecule has 0 fully saturated rings. The van der Waals surface area contributed by atoms with Crippen molar-refractivity contribution in [1.82, 2.24) is 19.6 Å². The van der Waals surface area contributed by atoms with E-state index in [0.29, 0.717) is 54.2 Å². The van der Waals surface area contributed by atoms with Crippen LogP contribution in [-0.4, -0.2) is 80.0 Å². The van der Waals surface area contributed by atoms with Gasteiger partial charge in [0.2, 0.25) is 0 Å². The Bertz CT molecular complexity index is 2790. The topological polar surface area (TPSA) is 170 Å². The molecule has 23 heteroatoms. The Balaban J connectivity index is 0.000000271. The van der Waals surface area contributed by atoms with Crippen LogP contribution in [0.15, 0.2) is 119 Å². The predicted molar refractivity (Wildman–Crippen MR) is 274 cm³/mol. The fourth-order valence-electron chi connectivity index (χ4n) is 6.64. The van der Waals surface area contributed by atoms with Gasteiger partial charge in [-0.25, -0.2) is 9.36 Å². The fraction of sp³-hybridized carbons (Fsp3) is 0.360. The number of benzene rings is 4. The van der Waals surface area contributed by atoms with Gasteiger partial charge in [-0.2, -0.15) is 27.8 Å². The van der Waals surface area contributed by atoms with Crippen molar-refractivity contribution in [1.29, 1.82) is 0 Å². The van der Waals surface area contributed by atoms with Crippen molar-refractivity contribution in [2.75, 3.05) is 47.3 Å². The minimum atomic E-state index is -3.28. The van der Waals surface area contributed by atoms with Crippen LogP contribution < -0.4 is 30.1 Å². The second-order valence-corrected chi connectivity index (χ2v) is 18.6. The smallest absolute Gasteiger partial charge is 0.387 e.